The minimum atomic E-state index is -0.578. The van der Waals surface area contributed by atoms with E-state index in [9.17, 15) is 4.79 Å². The number of aryl methyl sites for hydroxylation is 1. The van der Waals surface area contributed by atoms with Gasteiger partial charge in [0.05, 0.1) is 5.54 Å². The van der Waals surface area contributed by atoms with Crippen LogP contribution in [0.2, 0.25) is 0 Å². The van der Waals surface area contributed by atoms with E-state index in [1.54, 1.807) is 0 Å². The molecular weight excluding hydrogens is 334 g/mol. The molecule has 0 bridgehead atoms. The SMILES string of the molecule is CCC(Cc1ccc(C)cc1)(NC)C(=O)c1ccc(N2CCNCC2)cc1. The van der Waals surface area contributed by atoms with Gasteiger partial charge < -0.3 is 15.5 Å². The number of hydrogen-bond acceptors (Lipinski definition) is 4. The number of anilines is 1. The van der Waals surface area contributed by atoms with Crippen molar-refractivity contribution in [2.45, 2.75) is 32.2 Å². The summed E-state index contributed by atoms with van der Waals surface area (Å²) in [7, 11) is 1.89. The van der Waals surface area contributed by atoms with Crippen LogP contribution in [0.3, 0.4) is 0 Å². The van der Waals surface area contributed by atoms with Gasteiger partial charge in [-0.3, -0.25) is 4.79 Å². The number of carbonyl (C=O) groups is 1. The number of nitrogens with zero attached hydrogens (tertiary/aromatic N) is 1. The van der Waals surface area contributed by atoms with Crippen LogP contribution < -0.4 is 15.5 Å². The fraction of sp³-hybridized carbons (Fsp3) is 0.435. The van der Waals surface area contributed by atoms with E-state index in [1.807, 2.05) is 19.2 Å². The molecule has 0 saturated carbocycles. The zero-order chi connectivity index (χ0) is 19.3. The largest absolute Gasteiger partial charge is 0.369 e. The highest BCUT2D eigenvalue weighted by Crippen LogP contribution is 2.25. The van der Waals surface area contributed by atoms with Crippen LogP contribution >= 0.6 is 0 Å². The standard InChI is InChI=1S/C23H31N3O/c1-4-23(24-3,17-19-7-5-18(2)6-8-19)22(27)20-9-11-21(12-10-20)26-15-13-25-14-16-26/h5-12,24-25H,4,13-17H2,1-3H3. The van der Waals surface area contributed by atoms with Crippen molar-refractivity contribution in [3.8, 4) is 0 Å². The molecule has 0 amide bonds. The van der Waals surface area contributed by atoms with Gasteiger partial charge in [-0.25, -0.2) is 0 Å². The Balaban J connectivity index is 1.80. The van der Waals surface area contributed by atoms with Gasteiger partial charge in [0.2, 0.25) is 0 Å². The summed E-state index contributed by atoms with van der Waals surface area (Å²) >= 11 is 0. The molecular formula is C23H31N3O. The predicted octanol–water partition coefficient (Wildman–Crippen LogP) is 3.20. The fourth-order valence-electron chi connectivity index (χ4n) is 3.82. The van der Waals surface area contributed by atoms with Gasteiger partial charge in [-0.2, -0.15) is 0 Å². The van der Waals surface area contributed by atoms with Crippen molar-refractivity contribution in [2.75, 3.05) is 38.1 Å². The maximum atomic E-state index is 13.4. The third kappa shape index (κ3) is 4.40. The van der Waals surface area contributed by atoms with Gasteiger partial charge in [-0.05, 0) is 56.6 Å². The van der Waals surface area contributed by atoms with Gasteiger partial charge in [-0.15, -0.1) is 0 Å². The zero-order valence-electron chi connectivity index (χ0n) is 16.7. The molecule has 4 heteroatoms. The third-order valence-electron chi connectivity index (χ3n) is 5.75. The monoisotopic (exact) mass is 365 g/mol. The number of likely N-dealkylation sites (N-methyl/N-ethyl adjacent to an activating group) is 1. The molecule has 4 nitrogen and oxygen atoms in total. The van der Waals surface area contributed by atoms with E-state index in [2.05, 4.69) is 65.8 Å². The van der Waals surface area contributed by atoms with Crippen LogP contribution in [0.4, 0.5) is 5.69 Å². The van der Waals surface area contributed by atoms with Crippen molar-refractivity contribution >= 4 is 11.5 Å². The molecule has 0 radical (unpaired) electrons. The van der Waals surface area contributed by atoms with Gasteiger partial charge >= 0.3 is 0 Å². The Morgan fingerprint density at radius 1 is 1.07 bits per heavy atom. The molecule has 1 atom stereocenters. The minimum absolute atomic E-state index is 0.167. The molecule has 1 aliphatic rings. The van der Waals surface area contributed by atoms with Gasteiger partial charge in [-0.1, -0.05) is 36.8 Å². The van der Waals surface area contributed by atoms with E-state index in [0.717, 1.165) is 38.2 Å². The number of carbonyl (C=O) groups excluding carboxylic acids is 1. The highest BCUT2D eigenvalue weighted by molar-refractivity contribution is 6.03. The van der Waals surface area contributed by atoms with E-state index in [1.165, 1.54) is 16.8 Å². The maximum Gasteiger partial charge on any atom is 0.183 e. The lowest BCUT2D eigenvalue weighted by Crippen LogP contribution is -2.51. The molecule has 2 aromatic rings. The average molecular weight is 366 g/mol. The Morgan fingerprint density at radius 3 is 2.26 bits per heavy atom. The summed E-state index contributed by atoms with van der Waals surface area (Å²) in [6.07, 6.45) is 1.44. The number of piperazine rings is 1. The molecule has 1 saturated heterocycles. The van der Waals surface area contributed by atoms with Crippen LogP contribution in [0.1, 0.15) is 34.8 Å². The van der Waals surface area contributed by atoms with Crippen LogP contribution in [0.15, 0.2) is 48.5 Å². The zero-order valence-corrected chi connectivity index (χ0v) is 16.7. The van der Waals surface area contributed by atoms with Gasteiger partial charge in [0.15, 0.2) is 5.78 Å². The molecule has 3 rings (SSSR count). The fourth-order valence-corrected chi connectivity index (χ4v) is 3.82. The van der Waals surface area contributed by atoms with Crippen molar-refractivity contribution in [2.24, 2.45) is 0 Å². The molecule has 1 aliphatic heterocycles. The second kappa shape index (κ2) is 8.68. The van der Waals surface area contributed by atoms with Crippen LogP contribution in [0, 0.1) is 6.92 Å². The third-order valence-corrected chi connectivity index (χ3v) is 5.75. The van der Waals surface area contributed by atoms with Gasteiger partial charge in [0.1, 0.15) is 0 Å². The van der Waals surface area contributed by atoms with Crippen LogP contribution in [0.25, 0.3) is 0 Å². The Labute approximate surface area is 163 Å². The van der Waals surface area contributed by atoms with E-state index in [0.29, 0.717) is 6.42 Å². The van der Waals surface area contributed by atoms with Gasteiger partial charge in [0.25, 0.3) is 0 Å². The molecule has 1 heterocycles. The second-order valence-electron chi connectivity index (χ2n) is 7.46. The smallest absolute Gasteiger partial charge is 0.183 e. The number of ketones is 1. The topological polar surface area (TPSA) is 44.4 Å². The summed E-state index contributed by atoms with van der Waals surface area (Å²) in [4.78, 5) is 15.8. The molecule has 0 spiro atoms. The second-order valence-corrected chi connectivity index (χ2v) is 7.46. The number of nitrogens with one attached hydrogen (secondary N) is 2. The van der Waals surface area contributed by atoms with Crippen LogP contribution in [-0.4, -0.2) is 44.5 Å². The molecule has 0 aliphatic carbocycles. The summed E-state index contributed by atoms with van der Waals surface area (Å²) in [6.45, 7) is 8.20. The molecule has 2 aromatic carbocycles. The van der Waals surface area contributed by atoms with E-state index < -0.39 is 5.54 Å². The minimum Gasteiger partial charge on any atom is -0.369 e. The molecule has 27 heavy (non-hydrogen) atoms. The Bertz CT molecular complexity index is 742. The van der Waals surface area contributed by atoms with Crippen molar-refractivity contribution in [3.63, 3.8) is 0 Å². The lowest BCUT2D eigenvalue weighted by Gasteiger charge is -2.32. The maximum absolute atomic E-state index is 13.4. The number of hydrogen-bond donors (Lipinski definition) is 2. The van der Waals surface area contributed by atoms with Crippen LogP contribution in [0.5, 0.6) is 0 Å². The van der Waals surface area contributed by atoms with E-state index in [4.69, 9.17) is 0 Å². The first-order valence-corrected chi connectivity index (χ1v) is 9.93. The molecule has 1 unspecified atom stereocenters. The van der Waals surface area contributed by atoms with Crippen molar-refractivity contribution in [3.05, 3.63) is 65.2 Å². The Kier molecular flexibility index (Phi) is 6.30. The molecule has 144 valence electrons. The first-order chi connectivity index (χ1) is 13.1. The molecule has 0 aromatic heterocycles. The summed E-state index contributed by atoms with van der Waals surface area (Å²) < 4.78 is 0. The highest BCUT2D eigenvalue weighted by Gasteiger charge is 2.35. The van der Waals surface area contributed by atoms with E-state index >= 15 is 0 Å². The summed E-state index contributed by atoms with van der Waals surface area (Å²) in [5.74, 6) is 0.167. The first kappa shape index (κ1) is 19.6. The highest BCUT2D eigenvalue weighted by atomic mass is 16.1. The Hall–Kier alpha value is -2.17. The number of Topliss-reactive ketones (excluding diaryl/α,β-unsaturated/α-hetero) is 1. The molecule has 2 N–H and O–H groups in total. The normalized spacial score (nSPS) is 16.8. The summed E-state index contributed by atoms with van der Waals surface area (Å²) in [5.41, 5.74) is 3.81. The lowest BCUT2D eigenvalue weighted by atomic mass is 9.81. The molecule has 1 fully saturated rings. The van der Waals surface area contributed by atoms with Crippen molar-refractivity contribution < 1.29 is 4.79 Å². The summed E-state index contributed by atoms with van der Waals surface area (Å²) in [5, 5.41) is 6.71. The van der Waals surface area contributed by atoms with Gasteiger partial charge in [0, 0.05) is 37.4 Å². The first-order valence-electron chi connectivity index (χ1n) is 9.93. The summed E-state index contributed by atoms with van der Waals surface area (Å²) in [6, 6.07) is 16.6. The van der Waals surface area contributed by atoms with Crippen LogP contribution in [-0.2, 0) is 6.42 Å². The number of benzene rings is 2. The van der Waals surface area contributed by atoms with Crippen molar-refractivity contribution in [1.29, 1.82) is 0 Å². The predicted molar refractivity (Wildman–Crippen MR) is 113 cm³/mol. The van der Waals surface area contributed by atoms with E-state index in [-0.39, 0.29) is 5.78 Å². The lowest BCUT2D eigenvalue weighted by molar-refractivity contribution is 0.0851. The quantitative estimate of drug-likeness (QED) is 0.740. The van der Waals surface area contributed by atoms with Crippen molar-refractivity contribution in [1.82, 2.24) is 10.6 Å². The number of rotatable bonds is 7. The average Bonchev–Trinajstić information content (AvgIpc) is 2.74. The Morgan fingerprint density at radius 2 is 1.70 bits per heavy atom.